The van der Waals surface area contributed by atoms with Gasteiger partial charge in [0.1, 0.15) is 11.4 Å². The Morgan fingerprint density at radius 2 is 1.92 bits per heavy atom. The van der Waals surface area contributed by atoms with Gasteiger partial charge in [-0.3, -0.25) is 9.59 Å². The van der Waals surface area contributed by atoms with E-state index in [9.17, 15) is 9.59 Å². The lowest BCUT2D eigenvalue weighted by atomic mass is 9.95. The molecule has 128 valence electrons. The Bertz CT molecular complexity index is 776. The second-order valence-electron chi connectivity index (χ2n) is 6.85. The molecular formula is C18H24N4O2. The molecule has 0 aliphatic carbocycles. The quantitative estimate of drug-likeness (QED) is 0.796. The summed E-state index contributed by atoms with van der Waals surface area (Å²) >= 11 is 0. The highest BCUT2D eigenvalue weighted by molar-refractivity contribution is 5.94. The van der Waals surface area contributed by atoms with Crippen LogP contribution in [-0.2, 0) is 5.41 Å². The van der Waals surface area contributed by atoms with Crippen LogP contribution in [-0.4, -0.2) is 22.4 Å². The van der Waals surface area contributed by atoms with Crippen molar-refractivity contribution in [1.82, 2.24) is 15.3 Å². The molecule has 0 aliphatic rings. The van der Waals surface area contributed by atoms with Gasteiger partial charge < -0.3 is 16.0 Å². The predicted octanol–water partition coefficient (Wildman–Crippen LogP) is 1.81. The summed E-state index contributed by atoms with van der Waals surface area (Å²) in [5.74, 6) is 0.0932. The van der Waals surface area contributed by atoms with Crippen LogP contribution < -0.4 is 16.6 Å². The van der Waals surface area contributed by atoms with Gasteiger partial charge in [-0.1, -0.05) is 51.1 Å². The van der Waals surface area contributed by atoms with Crippen LogP contribution in [0.15, 0.2) is 35.1 Å². The smallest absolute Gasteiger partial charge is 0.264 e. The summed E-state index contributed by atoms with van der Waals surface area (Å²) in [6, 6.07) is 9.14. The largest absolute Gasteiger partial charge is 0.350 e. The van der Waals surface area contributed by atoms with Gasteiger partial charge in [-0.05, 0) is 12.5 Å². The normalized spacial score (nSPS) is 12.7. The van der Waals surface area contributed by atoms with Crippen LogP contribution in [0.3, 0.4) is 0 Å². The fourth-order valence-corrected chi connectivity index (χ4v) is 2.32. The first-order valence-corrected chi connectivity index (χ1v) is 7.90. The molecule has 0 fully saturated rings. The fraction of sp³-hybridized carbons (Fsp3) is 0.389. The second-order valence-corrected chi connectivity index (χ2v) is 6.85. The summed E-state index contributed by atoms with van der Waals surface area (Å²) in [5, 5.41) is 2.71. The van der Waals surface area contributed by atoms with E-state index in [2.05, 4.69) is 15.3 Å². The van der Waals surface area contributed by atoms with Crippen molar-refractivity contribution < 1.29 is 4.79 Å². The summed E-state index contributed by atoms with van der Waals surface area (Å²) in [6.07, 6.45) is 0. The SMILES string of the molecule is Cc1nc(C(C)(C)C)[nH]c(=O)c1C(=O)NCC(N)c1ccccc1. The minimum atomic E-state index is -0.465. The van der Waals surface area contributed by atoms with Gasteiger partial charge in [0.25, 0.3) is 11.5 Å². The Labute approximate surface area is 141 Å². The zero-order chi connectivity index (χ0) is 17.9. The molecule has 6 heteroatoms. The van der Waals surface area contributed by atoms with E-state index in [1.165, 1.54) is 0 Å². The van der Waals surface area contributed by atoms with Gasteiger partial charge in [0.05, 0.1) is 5.69 Å². The number of carbonyl (C=O) groups is 1. The van der Waals surface area contributed by atoms with Crippen molar-refractivity contribution in [3.63, 3.8) is 0 Å². The number of carbonyl (C=O) groups excluding carboxylic acids is 1. The molecular weight excluding hydrogens is 304 g/mol. The van der Waals surface area contributed by atoms with Gasteiger partial charge >= 0.3 is 0 Å². The first-order valence-electron chi connectivity index (χ1n) is 7.90. The molecule has 1 aromatic heterocycles. The Balaban J connectivity index is 2.15. The molecule has 4 N–H and O–H groups in total. The Hall–Kier alpha value is -2.47. The molecule has 2 aromatic rings. The first kappa shape index (κ1) is 17.9. The van der Waals surface area contributed by atoms with Crippen LogP contribution in [0.1, 0.15) is 54.3 Å². The molecule has 0 radical (unpaired) electrons. The van der Waals surface area contributed by atoms with E-state index in [4.69, 9.17) is 5.73 Å². The number of aromatic amines is 1. The molecule has 2 rings (SSSR count). The highest BCUT2D eigenvalue weighted by atomic mass is 16.2. The average molecular weight is 328 g/mol. The highest BCUT2D eigenvalue weighted by Gasteiger charge is 2.22. The minimum Gasteiger partial charge on any atom is -0.350 e. The van der Waals surface area contributed by atoms with Crippen LogP contribution in [0.4, 0.5) is 0 Å². The van der Waals surface area contributed by atoms with Crippen molar-refractivity contribution in [2.45, 2.75) is 39.2 Å². The fourth-order valence-electron chi connectivity index (χ4n) is 2.32. The standard InChI is InChI=1S/C18H24N4O2/c1-11-14(16(24)22-17(21-11)18(2,3)4)15(23)20-10-13(19)12-8-6-5-7-9-12/h5-9,13H,10,19H2,1-4H3,(H,20,23)(H,21,22,24). The topological polar surface area (TPSA) is 101 Å². The number of nitrogens with two attached hydrogens (primary N) is 1. The molecule has 1 unspecified atom stereocenters. The third kappa shape index (κ3) is 4.08. The maximum absolute atomic E-state index is 12.4. The number of amides is 1. The van der Waals surface area contributed by atoms with Gasteiger partial charge in [0.2, 0.25) is 0 Å². The van der Waals surface area contributed by atoms with Crippen molar-refractivity contribution in [2.24, 2.45) is 5.73 Å². The van der Waals surface area contributed by atoms with Crippen molar-refractivity contribution >= 4 is 5.91 Å². The zero-order valence-electron chi connectivity index (χ0n) is 14.5. The number of H-pyrrole nitrogens is 1. The molecule has 0 spiro atoms. The highest BCUT2D eigenvalue weighted by Crippen LogP contribution is 2.17. The number of aryl methyl sites for hydroxylation is 1. The summed E-state index contributed by atoms with van der Waals surface area (Å²) in [6.45, 7) is 7.75. The number of aromatic nitrogens is 2. The van der Waals surface area contributed by atoms with Crippen molar-refractivity contribution in [3.05, 3.63) is 63.3 Å². The third-order valence-electron chi connectivity index (χ3n) is 3.75. The van der Waals surface area contributed by atoms with E-state index in [-0.39, 0.29) is 23.6 Å². The van der Waals surface area contributed by atoms with Crippen LogP contribution in [0.2, 0.25) is 0 Å². The van der Waals surface area contributed by atoms with Crippen molar-refractivity contribution in [2.75, 3.05) is 6.54 Å². The van der Waals surface area contributed by atoms with Gasteiger partial charge in [-0.2, -0.15) is 0 Å². The lowest BCUT2D eigenvalue weighted by Crippen LogP contribution is -2.37. The summed E-state index contributed by atoms with van der Waals surface area (Å²) < 4.78 is 0. The second kappa shape index (κ2) is 6.97. The van der Waals surface area contributed by atoms with Crippen LogP contribution >= 0.6 is 0 Å². The van der Waals surface area contributed by atoms with E-state index in [1.54, 1.807) is 6.92 Å². The summed E-state index contributed by atoms with van der Waals surface area (Å²) in [7, 11) is 0. The molecule has 0 bridgehead atoms. The molecule has 6 nitrogen and oxygen atoms in total. The van der Waals surface area contributed by atoms with Gasteiger partial charge in [-0.25, -0.2) is 4.98 Å². The van der Waals surface area contributed by atoms with E-state index >= 15 is 0 Å². The van der Waals surface area contributed by atoms with Crippen LogP contribution in [0, 0.1) is 6.92 Å². The van der Waals surface area contributed by atoms with Gasteiger partial charge in [0.15, 0.2) is 0 Å². The number of rotatable bonds is 4. The first-order chi connectivity index (χ1) is 11.2. The van der Waals surface area contributed by atoms with Gasteiger partial charge in [-0.15, -0.1) is 0 Å². The van der Waals surface area contributed by atoms with Crippen LogP contribution in [0.25, 0.3) is 0 Å². The molecule has 1 heterocycles. The average Bonchev–Trinajstić information content (AvgIpc) is 2.51. The Kier molecular flexibility index (Phi) is 5.19. The summed E-state index contributed by atoms with van der Waals surface area (Å²) in [5.41, 5.74) is 6.70. The number of hydrogen-bond donors (Lipinski definition) is 3. The number of hydrogen-bond acceptors (Lipinski definition) is 4. The molecule has 1 aromatic carbocycles. The van der Waals surface area contributed by atoms with Crippen LogP contribution in [0.5, 0.6) is 0 Å². The minimum absolute atomic E-state index is 0.0308. The summed E-state index contributed by atoms with van der Waals surface area (Å²) in [4.78, 5) is 31.7. The lowest BCUT2D eigenvalue weighted by Gasteiger charge is -2.18. The van der Waals surface area contributed by atoms with E-state index in [0.29, 0.717) is 11.5 Å². The van der Waals surface area contributed by atoms with Crippen molar-refractivity contribution in [1.29, 1.82) is 0 Å². The Morgan fingerprint density at radius 3 is 2.46 bits per heavy atom. The molecule has 0 aliphatic heterocycles. The monoisotopic (exact) mass is 328 g/mol. The number of benzene rings is 1. The molecule has 24 heavy (non-hydrogen) atoms. The maximum Gasteiger partial charge on any atom is 0.264 e. The van der Waals surface area contributed by atoms with E-state index in [1.807, 2.05) is 51.1 Å². The molecule has 1 amide bonds. The molecule has 0 saturated heterocycles. The molecule has 1 atom stereocenters. The van der Waals surface area contributed by atoms with Gasteiger partial charge in [0, 0.05) is 18.0 Å². The zero-order valence-corrected chi connectivity index (χ0v) is 14.5. The molecule has 0 saturated carbocycles. The lowest BCUT2D eigenvalue weighted by molar-refractivity contribution is 0.0948. The maximum atomic E-state index is 12.4. The van der Waals surface area contributed by atoms with Crippen molar-refractivity contribution in [3.8, 4) is 0 Å². The number of nitrogens with one attached hydrogen (secondary N) is 2. The predicted molar refractivity (Wildman–Crippen MR) is 94.0 cm³/mol. The van der Waals surface area contributed by atoms with E-state index < -0.39 is 11.5 Å². The number of nitrogens with zero attached hydrogens (tertiary/aromatic N) is 1. The Morgan fingerprint density at radius 1 is 1.29 bits per heavy atom. The third-order valence-corrected chi connectivity index (χ3v) is 3.75. The van der Waals surface area contributed by atoms with E-state index in [0.717, 1.165) is 5.56 Å².